The first-order valence-electron chi connectivity index (χ1n) is 5.99. The second-order valence-electron chi connectivity index (χ2n) is 5.33. The van der Waals surface area contributed by atoms with Gasteiger partial charge in [0.15, 0.2) is 0 Å². The first-order chi connectivity index (χ1) is 7.80. The normalized spacial score (nSPS) is 20.8. The summed E-state index contributed by atoms with van der Waals surface area (Å²) < 4.78 is 0. The minimum Gasteiger partial charge on any atom is -0.481 e. The van der Waals surface area contributed by atoms with Crippen molar-refractivity contribution in [2.45, 2.75) is 39.7 Å². The van der Waals surface area contributed by atoms with Crippen LogP contribution in [0.1, 0.15) is 33.6 Å². The van der Waals surface area contributed by atoms with Gasteiger partial charge in [-0.1, -0.05) is 13.8 Å². The summed E-state index contributed by atoms with van der Waals surface area (Å²) in [5, 5.41) is 21.3. The Morgan fingerprint density at radius 1 is 1.29 bits per heavy atom. The van der Waals surface area contributed by atoms with Crippen LogP contribution in [0, 0.1) is 17.3 Å². The topological polar surface area (TPSA) is 86.6 Å². The van der Waals surface area contributed by atoms with Gasteiger partial charge in [0.2, 0.25) is 5.91 Å². The molecule has 0 aromatic rings. The van der Waals surface area contributed by atoms with Crippen molar-refractivity contribution in [2.24, 2.45) is 17.3 Å². The molecule has 0 aromatic heterocycles. The molecule has 1 saturated carbocycles. The van der Waals surface area contributed by atoms with E-state index in [-0.39, 0.29) is 11.3 Å². The highest BCUT2D eigenvalue weighted by Gasteiger charge is 2.50. The lowest BCUT2D eigenvalue weighted by molar-refractivity contribution is -0.146. The number of aliphatic carboxylic acids is 1. The highest BCUT2D eigenvalue weighted by molar-refractivity contribution is 5.96. The van der Waals surface area contributed by atoms with Crippen molar-refractivity contribution in [3.05, 3.63) is 0 Å². The molecule has 0 bridgehead atoms. The van der Waals surface area contributed by atoms with Crippen molar-refractivity contribution in [2.75, 3.05) is 6.54 Å². The first-order valence-corrected chi connectivity index (χ1v) is 5.99. The van der Waals surface area contributed by atoms with Crippen LogP contribution in [-0.2, 0) is 9.59 Å². The van der Waals surface area contributed by atoms with Crippen LogP contribution in [0.25, 0.3) is 0 Å². The molecule has 98 valence electrons. The zero-order chi connectivity index (χ0) is 13.2. The number of amides is 1. The number of hydrogen-bond donors (Lipinski definition) is 3. The highest BCUT2D eigenvalue weighted by Crippen LogP contribution is 2.50. The van der Waals surface area contributed by atoms with Gasteiger partial charge in [-0.15, -0.1) is 0 Å². The van der Waals surface area contributed by atoms with Crippen LogP contribution in [-0.4, -0.2) is 34.7 Å². The van der Waals surface area contributed by atoms with Crippen molar-refractivity contribution < 1.29 is 19.8 Å². The number of aliphatic hydroxyl groups is 1. The maximum Gasteiger partial charge on any atom is 0.315 e. The second-order valence-corrected chi connectivity index (χ2v) is 5.33. The fourth-order valence-corrected chi connectivity index (χ4v) is 1.97. The van der Waals surface area contributed by atoms with Crippen LogP contribution in [0.4, 0.5) is 0 Å². The largest absolute Gasteiger partial charge is 0.481 e. The van der Waals surface area contributed by atoms with Gasteiger partial charge in [-0.2, -0.15) is 0 Å². The van der Waals surface area contributed by atoms with E-state index >= 15 is 0 Å². The van der Waals surface area contributed by atoms with Gasteiger partial charge >= 0.3 is 5.97 Å². The van der Waals surface area contributed by atoms with Crippen LogP contribution in [0.15, 0.2) is 0 Å². The number of carbonyl (C=O) groups excluding carboxylic acids is 1. The second kappa shape index (κ2) is 5.04. The number of carboxylic acid groups (broad SMARTS) is 1. The number of carboxylic acids is 1. The number of carbonyl (C=O) groups is 2. The summed E-state index contributed by atoms with van der Waals surface area (Å²) in [6.45, 7) is 5.60. The Labute approximate surface area is 101 Å². The maximum absolute atomic E-state index is 11.5. The fraction of sp³-hybridized carbons (Fsp3) is 0.833. The Morgan fingerprint density at radius 2 is 1.82 bits per heavy atom. The van der Waals surface area contributed by atoms with Crippen molar-refractivity contribution in [3.8, 4) is 0 Å². The Balaban J connectivity index is 2.46. The lowest BCUT2D eigenvalue weighted by atomic mass is 9.90. The van der Waals surface area contributed by atoms with Crippen molar-refractivity contribution >= 4 is 11.9 Å². The maximum atomic E-state index is 11.5. The molecule has 1 aliphatic rings. The van der Waals surface area contributed by atoms with E-state index in [9.17, 15) is 14.7 Å². The van der Waals surface area contributed by atoms with Gasteiger partial charge in [0.1, 0.15) is 5.92 Å². The molecule has 1 amide bonds. The van der Waals surface area contributed by atoms with E-state index in [0.717, 1.165) is 12.8 Å². The predicted molar refractivity (Wildman–Crippen MR) is 62.3 cm³/mol. The third kappa shape index (κ3) is 3.19. The van der Waals surface area contributed by atoms with E-state index < -0.39 is 23.9 Å². The van der Waals surface area contributed by atoms with Gasteiger partial charge in [-0.25, -0.2) is 0 Å². The van der Waals surface area contributed by atoms with Crippen LogP contribution in [0.2, 0.25) is 0 Å². The Morgan fingerprint density at radius 3 is 2.18 bits per heavy atom. The summed E-state index contributed by atoms with van der Waals surface area (Å²) in [6.07, 6.45) is 1.32. The molecule has 0 spiro atoms. The molecular weight excluding hydrogens is 222 g/mol. The molecule has 2 unspecified atom stereocenters. The average molecular weight is 243 g/mol. The molecular formula is C12H21NO4. The third-order valence-electron chi connectivity index (χ3n) is 3.53. The van der Waals surface area contributed by atoms with Crippen molar-refractivity contribution in [3.63, 3.8) is 0 Å². The molecule has 3 N–H and O–H groups in total. The summed E-state index contributed by atoms with van der Waals surface area (Å²) >= 11 is 0. The summed E-state index contributed by atoms with van der Waals surface area (Å²) in [7, 11) is 0. The molecule has 0 saturated heterocycles. The number of aliphatic hydroxyl groups excluding tert-OH is 1. The van der Waals surface area contributed by atoms with Crippen LogP contribution < -0.4 is 5.32 Å². The van der Waals surface area contributed by atoms with E-state index in [1.165, 1.54) is 6.92 Å². The molecule has 5 heteroatoms. The molecule has 2 atom stereocenters. The van der Waals surface area contributed by atoms with Crippen LogP contribution in [0.3, 0.4) is 0 Å². The summed E-state index contributed by atoms with van der Waals surface area (Å²) in [5.41, 5.74) is -0.234. The highest BCUT2D eigenvalue weighted by atomic mass is 16.4. The fourth-order valence-electron chi connectivity index (χ4n) is 1.97. The average Bonchev–Trinajstić information content (AvgIpc) is 3.04. The first kappa shape index (κ1) is 14.0. The van der Waals surface area contributed by atoms with Gasteiger partial charge in [-0.3, -0.25) is 9.59 Å². The summed E-state index contributed by atoms with van der Waals surface area (Å²) in [4.78, 5) is 22.1. The van der Waals surface area contributed by atoms with E-state index in [2.05, 4.69) is 5.32 Å². The SMILES string of the molecule is CC(C(=O)O)C(=O)NCC1(C(O)C(C)C)CC1. The van der Waals surface area contributed by atoms with Crippen molar-refractivity contribution in [1.82, 2.24) is 5.32 Å². The third-order valence-corrected chi connectivity index (χ3v) is 3.53. The van der Waals surface area contributed by atoms with E-state index in [0.29, 0.717) is 6.54 Å². The zero-order valence-corrected chi connectivity index (χ0v) is 10.6. The monoisotopic (exact) mass is 243 g/mol. The number of hydrogen-bond acceptors (Lipinski definition) is 3. The zero-order valence-electron chi connectivity index (χ0n) is 10.6. The van der Waals surface area contributed by atoms with Crippen molar-refractivity contribution in [1.29, 1.82) is 0 Å². The van der Waals surface area contributed by atoms with Gasteiger partial charge in [0.05, 0.1) is 6.10 Å². The standard InChI is InChI=1S/C12H21NO4/c1-7(2)9(14)12(4-5-12)6-13-10(15)8(3)11(16)17/h7-9,14H,4-6H2,1-3H3,(H,13,15)(H,16,17). The molecule has 1 aliphatic carbocycles. The lowest BCUT2D eigenvalue weighted by Gasteiger charge is -2.26. The minimum atomic E-state index is -1.13. The van der Waals surface area contributed by atoms with Gasteiger partial charge in [-0.05, 0) is 25.7 Å². The Kier molecular flexibility index (Phi) is 4.14. The molecule has 1 fully saturated rings. The van der Waals surface area contributed by atoms with Gasteiger partial charge < -0.3 is 15.5 Å². The lowest BCUT2D eigenvalue weighted by Crippen LogP contribution is -2.41. The Bertz CT molecular complexity index is 310. The molecule has 0 aromatic carbocycles. The molecule has 0 radical (unpaired) electrons. The number of nitrogens with one attached hydrogen (secondary N) is 1. The Hall–Kier alpha value is -1.10. The minimum absolute atomic E-state index is 0.145. The van der Waals surface area contributed by atoms with Crippen LogP contribution in [0.5, 0.6) is 0 Å². The molecule has 0 aliphatic heterocycles. The van der Waals surface area contributed by atoms with E-state index in [1.54, 1.807) is 0 Å². The molecule has 17 heavy (non-hydrogen) atoms. The molecule has 0 heterocycles. The smallest absolute Gasteiger partial charge is 0.315 e. The molecule has 1 rings (SSSR count). The summed E-state index contributed by atoms with van der Waals surface area (Å²) in [6, 6.07) is 0. The quantitative estimate of drug-likeness (QED) is 0.597. The number of rotatable bonds is 6. The van der Waals surface area contributed by atoms with Gasteiger partial charge in [0.25, 0.3) is 0 Å². The summed E-state index contributed by atoms with van der Waals surface area (Å²) in [5.74, 6) is -2.51. The van der Waals surface area contributed by atoms with Gasteiger partial charge in [0, 0.05) is 12.0 Å². The van der Waals surface area contributed by atoms with Crippen LogP contribution >= 0.6 is 0 Å². The van der Waals surface area contributed by atoms with E-state index in [1.807, 2.05) is 13.8 Å². The van der Waals surface area contributed by atoms with E-state index in [4.69, 9.17) is 5.11 Å². The predicted octanol–water partition coefficient (Wildman–Crippen LogP) is 0.620. The molecule has 5 nitrogen and oxygen atoms in total.